The number of ketones is 1. The van der Waals surface area contributed by atoms with Crippen LogP contribution in [0.5, 0.6) is 0 Å². The zero-order valence-electron chi connectivity index (χ0n) is 26.5. The molecule has 0 aliphatic carbocycles. The van der Waals surface area contributed by atoms with Crippen molar-refractivity contribution in [2.24, 2.45) is 0 Å². The molecule has 1 N–H and O–H groups in total. The van der Waals surface area contributed by atoms with Crippen LogP contribution in [-0.4, -0.2) is 61.2 Å². The van der Waals surface area contributed by atoms with Crippen LogP contribution in [0.4, 0.5) is 18.9 Å². The number of carbonyl (C=O) groups excluding carboxylic acids is 1. The van der Waals surface area contributed by atoms with Gasteiger partial charge < -0.3 is 0 Å². The van der Waals surface area contributed by atoms with Gasteiger partial charge in [0.15, 0.2) is 0 Å². The standard InChI is InChI=1S/C36H39F3N4O3S/c1-26(2)43-20-18-42(19-21-43)25-29-7-3-4-8-33(29)34-16-12-30(36(37,38)39)23-35(34)47(45,46)41-31-13-9-27(10-14-31)22-32(44)15-11-28-6-5-17-40-24-28/h3-10,12-14,16-17,23-24,26,41H,11,15,18-22,25H2,1-2H3. The maximum absolute atomic E-state index is 13.8. The Hall–Kier alpha value is -4.06. The molecule has 1 saturated heterocycles. The summed E-state index contributed by atoms with van der Waals surface area (Å²) in [7, 11) is -4.46. The van der Waals surface area contributed by atoms with Gasteiger partial charge in [0.05, 0.1) is 10.5 Å². The molecule has 0 spiro atoms. The molecule has 248 valence electrons. The molecule has 0 radical (unpaired) electrons. The van der Waals surface area contributed by atoms with Gasteiger partial charge in [-0.25, -0.2) is 8.42 Å². The Labute approximate surface area is 274 Å². The maximum Gasteiger partial charge on any atom is 0.416 e. The molecule has 11 heteroatoms. The summed E-state index contributed by atoms with van der Waals surface area (Å²) in [6, 6.07) is 20.6. The summed E-state index contributed by atoms with van der Waals surface area (Å²) in [6.45, 7) is 8.33. The minimum atomic E-state index is -4.73. The largest absolute Gasteiger partial charge is 0.416 e. The van der Waals surface area contributed by atoms with E-state index in [1.165, 1.54) is 18.2 Å². The second kappa shape index (κ2) is 14.8. The molecule has 0 saturated carbocycles. The van der Waals surface area contributed by atoms with Gasteiger partial charge in [-0.15, -0.1) is 0 Å². The fourth-order valence-corrected chi connectivity index (χ4v) is 7.10. The lowest BCUT2D eigenvalue weighted by atomic mass is 9.97. The Morgan fingerprint density at radius 2 is 1.62 bits per heavy atom. The predicted molar refractivity (Wildman–Crippen MR) is 177 cm³/mol. The number of nitrogens with one attached hydrogen (secondary N) is 1. The lowest BCUT2D eigenvalue weighted by Gasteiger charge is -2.37. The van der Waals surface area contributed by atoms with E-state index in [4.69, 9.17) is 0 Å². The average Bonchev–Trinajstić information content (AvgIpc) is 3.05. The van der Waals surface area contributed by atoms with Crippen molar-refractivity contribution < 1.29 is 26.4 Å². The van der Waals surface area contributed by atoms with E-state index >= 15 is 0 Å². The average molecular weight is 665 g/mol. The number of rotatable bonds is 12. The minimum absolute atomic E-state index is 0.0243. The van der Waals surface area contributed by atoms with E-state index in [2.05, 4.69) is 33.4 Å². The third kappa shape index (κ3) is 9.06. The van der Waals surface area contributed by atoms with Gasteiger partial charge in [0.25, 0.3) is 10.0 Å². The van der Waals surface area contributed by atoms with E-state index in [-0.39, 0.29) is 23.5 Å². The van der Waals surface area contributed by atoms with Crippen molar-refractivity contribution in [1.82, 2.24) is 14.8 Å². The number of anilines is 1. The predicted octanol–water partition coefficient (Wildman–Crippen LogP) is 6.84. The molecule has 1 fully saturated rings. The van der Waals surface area contributed by atoms with Crippen molar-refractivity contribution in [2.45, 2.75) is 56.8 Å². The Morgan fingerprint density at radius 3 is 2.28 bits per heavy atom. The monoisotopic (exact) mass is 664 g/mol. The van der Waals surface area contributed by atoms with E-state index in [0.717, 1.165) is 43.4 Å². The van der Waals surface area contributed by atoms with Crippen molar-refractivity contribution in [2.75, 3.05) is 30.9 Å². The first kappa shape index (κ1) is 34.3. The number of piperazine rings is 1. The Morgan fingerprint density at radius 1 is 0.894 bits per heavy atom. The first-order chi connectivity index (χ1) is 22.4. The molecular weight excluding hydrogens is 625 g/mol. The highest BCUT2D eigenvalue weighted by atomic mass is 32.2. The molecule has 47 heavy (non-hydrogen) atoms. The smallest absolute Gasteiger partial charge is 0.299 e. The lowest BCUT2D eigenvalue weighted by molar-refractivity contribution is -0.137. The van der Waals surface area contributed by atoms with Crippen molar-refractivity contribution >= 4 is 21.5 Å². The quantitative estimate of drug-likeness (QED) is 0.179. The Kier molecular flexibility index (Phi) is 10.8. The number of halogens is 3. The van der Waals surface area contributed by atoms with E-state index in [1.807, 2.05) is 24.3 Å². The summed E-state index contributed by atoms with van der Waals surface area (Å²) in [5.74, 6) is 0.0243. The topological polar surface area (TPSA) is 82.6 Å². The summed E-state index contributed by atoms with van der Waals surface area (Å²) in [5.41, 5.74) is 2.38. The van der Waals surface area contributed by atoms with E-state index in [0.29, 0.717) is 42.6 Å². The van der Waals surface area contributed by atoms with Gasteiger partial charge in [0.2, 0.25) is 0 Å². The van der Waals surface area contributed by atoms with Gasteiger partial charge in [0, 0.05) is 75.3 Å². The molecule has 1 aromatic heterocycles. The normalized spacial score (nSPS) is 14.8. The van der Waals surface area contributed by atoms with Gasteiger partial charge >= 0.3 is 6.18 Å². The number of pyridine rings is 1. The van der Waals surface area contributed by atoms with Crippen molar-refractivity contribution in [1.29, 1.82) is 0 Å². The molecule has 1 aliphatic heterocycles. The minimum Gasteiger partial charge on any atom is -0.299 e. The fraction of sp³-hybridized carbons (Fsp3) is 0.333. The van der Waals surface area contributed by atoms with Gasteiger partial charge in [-0.2, -0.15) is 13.2 Å². The van der Waals surface area contributed by atoms with Crippen LogP contribution in [0.15, 0.2) is 96.2 Å². The van der Waals surface area contributed by atoms with Crippen LogP contribution in [0.25, 0.3) is 11.1 Å². The van der Waals surface area contributed by atoms with Crippen LogP contribution >= 0.6 is 0 Å². The van der Waals surface area contributed by atoms with Crippen LogP contribution in [0.3, 0.4) is 0 Å². The highest BCUT2D eigenvalue weighted by molar-refractivity contribution is 7.92. The zero-order valence-corrected chi connectivity index (χ0v) is 27.3. The zero-order chi connectivity index (χ0) is 33.6. The van der Waals surface area contributed by atoms with Gasteiger partial charge in [0.1, 0.15) is 5.78 Å². The number of aromatic nitrogens is 1. The van der Waals surface area contributed by atoms with E-state index in [1.54, 1.807) is 36.7 Å². The SMILES string of the molecule is CC(C)N1CCN(Cc2ccccc2-c2ccc(C(F)(F)F)cc2S(=O)(=O)Nc2ccc(CC(=O)CCc3cccnc3)cc2)CC1. The summed E-state index contributed by atoms with van der Waals surface area (Å²) in [6.07, 6.45) is -0.254. The molecular formula is C36H39F3N4O3S. The first-order valence-electron chi connectivity index (χ1n) is 15.7. The van der Waals surface area contributed by atoms with Crippen molar-refractivity contribution in [3.63, 3.8) is 0 Å². The second-order valence-electron chi connectivity index (χ2n) is 12.2. The first-order valence-corrected chi connectivity index (χ1v) is 17.2. The molecule has 1 aliphatic rings. The number of alkyl halides is 3. The summed E-state index contributed by atoms with van der Waals surface area (Å²) in [4.78, 5) is 20.8. The number of benzene rings is 3. The number of aryl methyl sites for hydroxylation is 1. The van der Waals surface area contributed by atoms with Crippen molar-refractivity contribution in [3.05, 3.63) is 114 Å². The number of hydrogen-bond donors (Lipinski definition) is 1. The third-order valence-electron chi connectivity index (χ3n) is 8.46. The van der Waals surface area contributed by atoms with E-state index < -0.39 is 26.7 Å². The third-order valence-corrected chi connectivity index (χ3v) is 9.88. The van der Waals surface area contributed by atoms with Crippen LogP contribution in [0.1, 0.15) is 42.5 Å². The van der Waals surface area contributed by atoms with Crippen LogP contribution in [0.2, 0.25) is 0 Å². The molecule has 5 rings (SSSR count). The highest BCUT2D eigenvalue weighted by Gasteiger charge is 2.33. The second-order valence-corrected chi connectivity index (χ2v) is 13.8. The van der Waals surface area contributed by atoms with Crippen LogP contribution in [0, 0.1) is 0 Å². The summed E-state index contributed by atoms with van der Waals surface area (Å²) >= 11 is 0. The molecule has 0 atom stereocenters. The number of hydrogen-bond acceptors (Lipinski definition) is 6. The summed E-state index contributed by atoms with van der Waals surface area (Å²) < 4.78 is 71.6. The van der Waals surface area contributed by atoms with Gasteiger partial charge in [-0.3, -0.25) is 24.3 Å². The molecule has 4 aromatic rings. The van der Waals surface area contributed by atoms with Gasteiger partial charge in [-0.05, 0) is 72.9 Å². The fourth-order valence-electron chi connectivity index (χ4n) is 5.79. The summed E-state index contributed by atoms with van der Waals surface area (Å²) in [5, 5.41) is 0. The van der Waals surface area contributed by atoms with Gasteiger partial charge in [-0.1, -0.05) is 48.5 Å². The molecule has 0 amide bonds. The molecule has 0 bridgehead atoms. The van der Waals surface area contributed by atoms with Crippen LogP contribution < -0.4 is 4.72 Å². The highest BCUT2D eigenvalue weighted by Crippen LogP contribution is 2.37. The molecule has 0 unspecified atom stereocenters. The van der Waals surface area contributed by atoms with E-state index in [9.17, 15) is 26.4 Å². The Bertz CT molecular complexity index is 1770. The number of carbonyl (C=O) groups is 1. The number of sulfonamides is 1. The molecule has 7 nitrogen and oxygen atoms in total. The molecule has 3 aromatic carbocycles. The maximum atomic E-state index is 13.8. The number of Topliss-reactive ketones (excluding diaryl/α,β-unsaturated/α-hetero) is 1. The Balaban J connectivity index is 1.36. The van der Waals surface area contributed by atoms with Crippen molar-refractivity contribution in [3.8, 4) is 11.1 Å². The number of nitrogens with zero attached hydrogens (tertiary/aromatic N) is 3. The lowest BCUT2D eigenvalue weighted by Crippen LogP contribution is -2.48. The van der Waals surface area contributed by atoms with Crippen LogP contribution in [-0.2, 0) is 40.4 Å². The molecule has 2 heterocycles.